The summed E-state index contributed by atoms with van der Waals surface area (Å²) in [6, 6.07) is 0. The van der Waals surface area contributed by atoms with Crippen molar-refractivity contribution in [3.63, 3.8) is 0 Å². The van der Waals surface area contributed by atoms with E-state index in [1.54, 1.807) is 0 Å². The van der Waals surface area contributed by atoms with Gasteiger partial charge in [-0.3, -0.25) is 9.69 Å². The molecule has 2 aliphatic rings. The smallest absolute Gasteiger partial charge is 0.302 e. The van der Waals surface area contributed by atoms with Crippen LogP contribution in [0.2, 0.25) is 0 Å². The summed E-state index contributed by atoms with van der Waals surface area (Å²) >= 11 is 0. The third-order valence-corrected chi connectivity index (χ3v) is 3.59. The van der Waals surface area contributed by atoms with Crippen molar-refractivity contribution in [2.45, 2.75) is 25.9 Å². The van der Waals surface area contributed by atoms with Gasteiger partial charge in [0.2, 0.25) is 0 Å². The normalized spacial score (nSPS) is 30.2. The zero-order valence-corrected chi connectivity index (χ0v) is 12.6. The molecule has 5 heteroatoms. The third kappa shape index (κ3) is 5.36. The third-order valence-electron chi connectivity index (χ3n) is 3.59. The van der Waals surface area contributed by atoms with E-state index in [9.17, 15) is 4.79 Å². The molecule has 1 saturated heterocycles. The molecule has 1 heterocycles. The summed E-state index contributed by atoms with van der Waals surface area (Å²) in [6.07, 6.45) is 10.4. The monoisotopic (exact) mass is 292 g/mol. The summed E-state index contributed by atoms with van der Waals surface area (Å²) in [5.74, 6) is -0.268. The quantitative estimate of drug-likeness (QED) is 0.793. The summed E-state index contributed by atoms with van der Waals surface area (Å²) in [6.45, 7) is 4.80. The van der Waals surface area contributed by atoms with E-state index in [1.807, 2.05) is 0 Å². The van der Waals surface area contributed by atoms with E-state index in [0.717, 1.165) is 43.7 Å². The van der Waals surface area contributed by atoms with Gasteiger partial charge >= 0.3 is 5.97 Å². The molecule has 1 aliphatic carbocycles. The van der Waals surface area contributed by atoms with Crippen LogP contribution >= 0.6 is 0 Å². The van der Waals surface area contributed by atoms with Gasteiger partial charge in [0.1, 0.15) is 12.7 Å². The van der Waals surface area contributed by atoms with Gasteiger partial charge in [-0.05, 0) is 18.4 Å². The average Bonchev–Trinajstić information content (AvgIpc) is 2.45. The molecular weight excluding hydrogens is 268 g/mol. The maximum absolute atomic E-state index is 10.9. The van der Waals surface area contributed by atoms with Gasteiger partial charge in [-0.15, -0.1) is 0 Å². The molecule has 0 radical (unpaired) electrons. The second-order valence-electron chi connectivity index (χ2n) is 5.39. The molecule has 1 aliphatic heterocycles. The Morgan fingerprint density at radius 1 is 1.52 bits per heavy atom. The number of hydrogen-bond donors (Lipinski definition) is 1. The summed E-state index contributed by atoms with van der Waals surface area (Å²) < 4.78 is 10.6. The maximum Gasteiger partial charge on any atom is 0.302 e. The van der Waals surface area contributed by atoms with Crippen LogP contribution in [0.1, 0.15) is 19.8 Å². The van der Waals surface area contributed by atoms with Crippen molar-refractivity contribution in [1.82, 2.24) is 4.90 Å². The molecule has 0 amide bonds. The Morgan fingerprint density at radius 2 is 2.38 bits per heavy atom. The molecule has 1 atom stereocenters. The fraction of sp³-hybridized carbons (Fsp3) is 0.562. The molecule has 1 fully saturated rings. The molecule has 116 valence electrons. The molecule has 0 bridgehead atoms. The van der Waals surface area contributed by atoms with E-state index in [4.69, 9.17) is 15.2 Å². The maximum atomic E-state index is 10.9. The molecule has 0 aromatic heterocycles. The van der Waals surface area contributed by atoms with Gasteiger partial charge in [-0.1, -0.05) is 24.3 Å². The van der Waals surface area contributed by atoms with Crippen LogP contribution in [-0.2, 0) is 14.3 Å². The van der Waals surface area contributed by atoms with Crippen LogP contribution in [0.4, 0.5) is 0 Å². The van der Waals surface area contributed by atoms with Crippen LogP contribution < -0.4 is 5.73 Å². The number of nitrogens with two attached hydrogens (primary N) is 1. The number of carbonyl (C=O) groups excluding carboxylic acids is 1. The summed E-state index contributed by atoms with van der Waals surface area (Å²) in [5, 5.41) is 0. The lowest BCUT2D eigenvalue weighted by Crippen LogP contribution is -2.45. The second kappa shape index (κ2) is 8.00. The van der Waals surface area contributed by atoms with Crippen molar-refractivity contribution >= 4 is 5.97 Å². The SMILES string of the molecule is CC(=O)OCC1CN(CC2=C/C=C\CC/C=C\2N)CCO1. The minimum atomic E-state index is -0.268. The first-order chi connectivity index (χ1) is 10.1. The molecule has 21 heavy (non-hydrogen) atoms. The Morgan fingerprint density at radius 3 is 3.19 bits per heavy atom. The minimum Gasteiger partial charge on any atom is -0.463 e. The summed E-state index contributed by atoms with van der Waals surface area (Å²) in [5.41, 5.74) is 8.13. The van der Waals surface area contributed by atoms with Gasteiger partial charge in [0, 0.05) is 32.3 Å². The Bertz CT molecular complexity index is 454. The lowest BCUT2D eigenvalue weighted by Gasteiger charge is -2.33. The zero-order chi connectivity index (χ0) is 15.1. The van der Waals surface area contributed by atoms with Crippen molar-refractivity contribution in [3.05, 3.63) is 35.6 Å². The summed E-state index contributed by atoms with van der Waals surface area (Å²) in [7, 11) is 0. The zero-order valence-electron chi connectivity index (χ0n) is 12.6. The van der Waals surface area contributed by atoms with Crippen molar-refractivity contribution in [2.75, 3.05) is 32.8 Å². The molecular formula is C16H24N2O3. The van der Waals surface area contributed by atoms with Crippen molar-refractivity contribution in [2.24, 2.45) is 5.73 Å². The molecule has 5 nitrogen and oxygen atoms in total. The number of carbonyl (C=O) groups is 1. The Hall–Kier alpha value is -1.59. The molecule has 0 saturated carbocycles. The van der Waals surface area contributed by atoms with Crippen LogP contribution in [0.15, 0.2) is 35.6 Å². The van der Waals surface area contributed by atoms with Gasteiger partial charge < -0.3 is 15.2 Å². The number of ether oxygens (including phenoxy) is 2. The number of hydrogen-bond acceptors (Lipinski definition) is 5. The van der Waals surface area contributed by atoms with Crippen molar-refractivity contribution in [3.8, 4) is 0 Å². The lowest BCUT2D eigenvalue weighted by molar-refractivity contribution is -0.147. The van der Waals surface area contributed by atoms with Crippen LogP contribution in [0.5, 0.6) is 0 Å². The lowest BCUT2D eigenvalue weighted by atomic mass is 10.1. The van der Waals surface area contributed by atoms with Crippen LogP contribution in [-0.4, -0.2) is 49.8 Å². The molecule has 1 unspecified atom stereocenters. The van der Waals surface area contributed by atoms with E-state index in [1.165, 1.54) is 6.92 Å². The first-order valence-electron chi connectivity index (χ1n) is 7.44. The van der Waals surface area contributed by atoms with Gasteiger partial charge in [0.05, 0.1) is 6.61 Å². The van der Waals surface area contributed by atoms with E-state index in [0.29, 0.717) is 13.2 Å². The number of morpholine rings is 1. The highest BCUT2D eigenvalue weighted by Gasteiger charge is 2.22. The molecule has 0 aromatic carbocycles. The van der Waals surface area contributed by atoms with Crippen LogP contribution in [0, 0.1) is 0 Å². The molecule has 0 spiro atoms. The highest BCUT2D eigenvalue weighted by atomic mass is 16.6. The largest absolute Gasteiger partial charge is 0.463 e. The Balaban J connectivity index is 1.90. The number of nitrogens with zero attached hydrogens (tertiary/aromatic N) is 1. The average molecular weight is 292 g/mol. The van der Waals surface area contributed by atoms with E-state index < -0.39 is 0 Å². The van der Waals surface area contributed by atoms with Gasteiger partial charge in [-0.25, -0.2) is 0 Å². The van der Waals surface area contributed by atoms with E-state index in [2.05, 4.69) is 29.2 Å². The van der Waals surface area contributed by atoms with Crippen LogP contribution in [0.25, 0.3) is 0 Å². The number of rotatable bonds is 4. The van der Waals surface area contributed by atoms with Crippen LogP contribution in [0.3, 0.4) is 0 Å². The fourth-order valence-electron chi connectivity index (χ4n) is 2.46. The van der Waals surface area contributed by atoms with E-state index in [-0.39, 0.29) is 12.1 Å². The predicted molar refractivity (Wildman–Crippen MR) is 81.5 cm³/mol. The predicted octanol–water partition coefficient (Wildman–Crippen LogP) is 1.37. The van der Waals surface area contributed by atoms with Gasteiger partial charge in [-0.2, -0.15) is 0 Å². The highest BCUT2D eigenvalue weighted by Crippen LogP contribution is 2.14. The standard InChI is InChI=1S/C16H24N2O3/c1-13(19)21-12-15-11-18(8-9-20-15)10-14-6-4-2-3-5-7-16(14)17/h2,4,6-7,15H,3,5,8-12,17H2,1H3/b4-2-,14-6-,16-7+. The highest BCUT2D eigenvalue weighted by molar-refractivity contribution is 5.65. The molecule has 2 rings (SSSR count). The Labute approximate surface area is 126 Å². The minimum absolute atomic E-state index is 0.0578. The fourth-order valence-corrected chi connectivity index (χ4v) is 2.46. The second-order valence-corrected chi connectivity index (χ2v) is 5.39. The topological polar surface area (TPSA) is 64.8 Å². The molecule has 0 aromatic rings. The number of allylic oxidation sites excluding steroid dienone is 4. The Kier molecular flexibility index (Phi) is 6.02. The number of esters is 1. The van der Waals surface area contributed by atoms with E-state index >= 15 is 0 Å². The molecule has 2 N–H and O–H groups in total. The first kappa shape index (κ1) is 15.8. The summed E-state index contributed by atoms with van der Waals surface area (Å²) in [4.78, 5) is 13.2. The van der Waals surface area contributed by atoms with Crippen molar-refractivity contribution in [1.29, 1.82) is 0 Å². The van der Waals surface area contributed by atoms with Gasteiger partial charge in [0.15, 0.2) is 0 Å². The van der Waals surface area contributed by atoms with Gasteiger partial charge in [0.25, 0.3) is 0 Å². The van der Waals surface area contributed by atoms with Crippen molar-refractivity contribution < 1.29 is 14.3 Å². The first-order valence-corrected chi connectivity index (χ1v) is 7.44.